The smallest absolute Gasteiger partial charge is 0.264 e. The normalized spacial score (nSPS) is 13.8. The average molecular weight is 192 g/mol. The van der Waals surface area contributed by atoms with E-state index < -0.39 is 16.0 Å². The molecule has 0 aromatic heterocycles. The lowest BCUT2D eigenvalue weighted by molar-refractivity contribution is -0.117. The van der Waals surface area contributed by atoms with Crippen molar-refractivity contribution in [2.45, 2.75) is 13.3 Å². The summed E-state index contributed by atoms with van der Waals surface area (Å²) < 4.78 is 28.9. The third-order valence-corrected chi connectivity index (χ3v) is 2.25. The Hall–Kier alpha value is -0.680. The number of carbonyl (C=O) groups is 1. The molecule has 0 spiro atoms. The molecule has 70 valence electrons. The van der Waals surface area contributed by atoms with Crippen LogP contribution in [0.25, 0.3) is 0 Å². The summed E-state index contributed by atoms with van der Waals surface area (Å²) in [6.07, 6.45) is 1.28. The van der Waals surface area contributed by atoms with E-state index in [1.807, 2.05) is 0 Å². The van der Waals surface area contributed by atoms with Gasteiger partial charge in [-0.05, 0) is 12.5 Å². The Morgan fingerprint density at radius 2 is 2.17 bits per heavy atom. The molecule has 12 heavy (non-hydrogen) atoms. The third-order valence-electron chi connectivity index (χ3n) is 1.50. The first kappa shape index (κ1) is 11.3. The number of ketones is 1. The van der Waals surface area contributed by atoms with E-state index in [-0.39, 0.29) is 18.0 Å². The summed E-state index contributed by atoms with van der Waals surface area (Å²) in [5.41, 5.74) is 0. The van der Waals surface area contributed by atoms with Crippen LogP contribution in [0, 0.1) is 5.92 Å². The molecule has 0 amide bonds. The zero-order valence-corrected chi connectivity index (χ0v) is 7.67. The highest BCUT2D eigenvalue weighted by Gasteiger charge is 2.13. The predicted octanol–water partition coefficient (Wildman–Crippen LogP) is 0.655. The molecule has 0 aliphatic carbocycles. The lowest BCUT2D eigenvalue weighted by Gasteiger charge is -2.04. The highest BCUT2D eigenvalue weighted by molar-refractivity contribution is 7.85. The number of carbonyl (C=O) groups excluding carboxylic acids is 1. The summed E-state index contributed by atoms with van der Waals surface area (Å²) in [5.74, 6) is -0.989. The first-order chi connectivity index (χ1) is 5.37. The maximum Gasteiger partial charge on any atom is 0.264 e. The number of rotatable bonds is 5. The van der Waals surface area contributed by atoms with Gasteiger partial charge in [0.25, 0.3) is 10.1 Å². The predicted molar refractivity (Wildman–Crippen MR) is 45.4 cm³/mol. The van der Waals surface area contributed by atoms with Crippen LogP contribution in [-0.4, -0.2) is 24.5 Å². The maximum atomic E-state index is 10.8. The Balaban J connectivity index is 3.96. The molecule has 4 nitrogen and oxygen atoms in total. The van der Waals surface area contributed by atoms with E-state index in [2.05, 4.69) is 6.58 Å². The molecule has 0 bridgehead atoms. The molecule has 0 radical (unpaired) electrons. The van der Waals surface area contributed by atoms with Crippen molar-refractivity contribution >= 4 is 15.9 Å². The van der Waals surface area contributed by atoms with Gasteiger partial charge in [0, 0.05) is 5.92 Å². The van der Waals surface area contributed by atoms with Gasteiger partial charge < -0.3 is 0 Å². The summed E-state index contributed by atoms with van der Waals surface area (Å²) in [6.45, 7) is 4.86. The zero-order valence-electron chi connectivity index (χ0n) is 6.86. The number of hydrogen-bond acceptors (Lipinski definition) is 3. The summed E-state index contributed by atoms with van der Waals surface area (Å²) >= 11 is 0. The van der Waals surface area contributed by atoms with Gasteiger partial charge in [-0.15, -0.1) is 0 Å². The van der Waals surface area contributed by atoms with Crippen molar-refractivity contribution in [3.05, 3.63) is 12.7 Å². The van der Waals surface area contributed by atoms with Crippen LogP contribution in [0.3, 0.4) is 0 Å². The van der Waals surface area contributed by atoms with Gasteiger partial charge in [-0.3, -0.25) is 9.35 Å². The number of hydrogen-bond donors (Lipinski definition) is 1. The molecule has 0 aromatic rings. The van der Waals surface area contributed by atoms with Gasteiger partial charge >= 0.3 is 0 Å². The number of allylic oxidation sites excluding steroid dienone is 1. The highest BCUT2D eigenvalue weighted by Crippen LogP contribution is 2.05. The first-order valence-electron chi connectivity index (χ1n) is 3.48. The molecular weight excluding hydrogens is 180 g/mol. The summed E-state index contributed by atoms with van der Waals surface area (Å²) in [6, 6.07) is 0. The van der Waals surface area contributed by atoms with Crippen LogP contribution >= 0.6 is 0 Å². The van der Waals surface area contributed by atoms with E-state index in [0.717, 1.165) is 6.08 Å². The van der Waals surface area contributed by atoms with Gasteiger partial charge in [-0.2, -0.15) is 8.42 Å². The maximum absolute atomic E-state index is 10.8. The minimum absolute atomic E-state index is 0.129. The van der Waals surface area contributed by atoms with Crippen molar-refractivity contribution in [2.75, 3.05) is 5.75 Å². The van der Waals surface area contributed by atoms with Gasteiger partial charge in [-0.1, -0.05) is 13.5 Å². The fourth-order valence-corrected chi connectivity index (χ4v) is 1.32. The minimum Gasteiger partial charge on any atom is -0.295 e. The van der Waals surface area contributed by atoms with Crippen LogP contribution in [0.1, 0.15) is 13.3 Å². The van der Waals surface area contributed by atoms with Crippen LogP contribution in [0.4, 0.5) is 0 Å². The fraction of sp³-hybridized carbons (Fsp3) is 0.571. The van der Waals surface area contributed by atoms with E-state index in [4.69, 9.17) is 4.55 Å². The Labute approximate surface area is 72.0 Å². The van der Waals surface area contributed by atoms with Crippen LogP contribution < -0.4 is 0 Å². The second kappa shape index (κ2) is 4.37. The van der Waals surface area contributed by atoms with E-state index in [0.29, 0.717) is 0 Å². The van der Waals surface area contributed by atoms with Gasteiger partial charge in [0.05, 0.1) is 5.75 Å². The molecule has 0 heterocycles. The van der Waals surface area contributed by atoms with E-state index >= 15 is 0 Å². The van der Waals surface area contributed by atoms with Crippen LogP contribution in [-0.2, 0) is 14.9 Å². The van der Waals surface area contributed by atoms with E-state index in [1.165, 1.54) is 0 Å². The lowest BCUT2D eigenvalue weighted by Crippen LogP contribution is -2.13. The molecule has 0 rings (SSSR count). The standard InChI is InChI=1S/C7H12O4S/c1-3-7(8)6(2)4-5-12(9,10)11/h3,6H,1,4-5H2,2H3,(H,9,10,11). The minimum atomic E-state index is -3.95. The molecular formula is C7H12O4S. The molecule has 1 atom stereocenters. The van der Waals surface area contributed by atoms with Crippen molar-refractivity contribution in [2.24, 2.45) is 5.92 Å². The molecule has 0 saturated carbocycles. The highest BCUT2D eigenvalue weighted by atomic mass is 32.2. The fourth-order valence-electron chi connectivity index (χ4n) is 0.669. The SMILES string of the molecule is C=CC(=O)C(C)CCS(=O)(=O)O. The van der Waals surface area contributed by atoms with Gasteiger partial charge in [0.2, 0.25) is 0 Å². The monoisotopic (exact) mass is 192 g/mol. The molecule has 0 aromatic carbocycles. The average Bonchev–Trinajstić information content (AvgIpc) is 1.97. The second-order valence-electron chi connectivity index (χ2n) is 2.58. The van der Waals surface area contributed by atoms with Crippen LogP contribution in [0.5, 0.6) is 0 Å². The van der Waals surface area contributed by atoms with E-state index in [1.54, 1.807) is 6.92 Å². The Bertz CT molecular complexity index is 265. The molecule has 5 heteroatoms. The van der Waals surface area contributed by atoms with Crippen molar-refractivity contribution in [1.82, 2.24) is 0 Å². The zero-order chi connectivity index (χ0) is 9.78. The van der Waals surface area contributed by atoms with Crippen molar-refractivity contribution in [1.29, 1.82) is 0 Å². The van der Waals surface area contributed by atoms with Crippen molar-refractivity contribution < 1.29 is 17.8 Å². The molecule has 0 aliphatic heterocycles. The summed E-state index contributed by atoms with van der Waals surface area (Å²) in [7, 11) is -3.95. The van der Waals surface area contributed by atoms with Crippen LogP contribution in [0.15, 0.2) is 12.7 Å². The van der Waals surface area contributed by atoms with Crippen LogP contribution in [0.2, 0.25) is 0 Å². The third kappa shape index (κ3) is 5.03. The summed E-state index contributed by atoms with van der Waals surface area (Å²) in [4.78, 5) is 10.8. The largest absolute Gasteiger partial charge is 0.295 e. The Morgan fingerprint density at radius 1 is 1.67 bits per heavy atom. The van der Waals surface area contributed by atoms with Gasteiger partial charge in [0.15, 0.2) is 5.78 Å². The Morgan fingerprint density at radius 3 is 2.50 bits per heavy atom. The topological polar surface area (TPSA) is 71.4 Å². The molecule has 0 aliphatic rings. The summed E-state index contributed by atoms with van der Waals surface area (Å²) in [5, 5.41) is 0. The second-order valence-corrected chi connectivity index (χ2v) is 4.15. The quantitative estimate of drug-likeness (QED) is 0.513. The molecule has 1 N–H and O–H groups in total. The molecule has 0 saturated heterocycles. The van der Waals surface area contributed by atoms with Crippen molar-refractivity contribution in [3.8, 4) is 0 Å². The first-order valence-corrected chi connectivity index (χ1v) is 5.09. The molecule has 0 fully saturated rings. The van der Waals surface area contributed by atoms with Gasteiger partial charge in [0.1, 0.15) is 0 Å². The lowest BCUT2D eigenvalue weighted by atomic mass is 10.0. The van der Waals surface area contributed by atoms with E-state index in [9.17, 15) is 13.2 Å². The van der Waals surface area contributed by atoms with Gasteiger partial charge in [-0.25, -0.2) is 0 Å². The Kier molecular flexibility index (Phi) is 4.12. The van der Waals surface area contributed by atoms with Crippen molar-refractivity contribution in [3.63, 3.8) is 0 Å². The molecule has 1 unspecified atom stereocenters.